The number of aliphatic hydroxyl groups excluding tert-OH is 1. The molecule has 0 heterocycles. The monoisotopic (exact) mass is 412 g/mol. The molecule has 0 aromatic heterocycles. The standard InChI is InChI=1S/C29H48O/c1-7-21(19(2)3)9-8-20(4)25-12-13-26-24-11-10-22-18-23(30)14-16-28(22,5)27(24)15-17-29(25,26)6/h7,10,19-20,23-27,30H,8-9,11-18H2,1-6H3/t20-,23+,24+,25+,26+,27-,28+,29+/m1/s1. The molecule has 8 atom stereocenters. The van der Waals surface area contributed by atoms with Crippen LogP contribution in [0, 0.1) is 46.3 Å². The first kappa shape index (κ1) is 22.6. The fraction of sp³-hybridized carbons (Fsp3) is 0.862. The zero-order valence-electron chi connectivity index (χ0n) is 20.7. The van der Waals surface area contributed by atoms with Crippen LogP contribution >= 0.6 is 0 Å². The number of fused-ring (bicyclic) bond motifs is 5. The van der Waals surface area contributed by atoms with E-state index in [-0.39, 0.29) is 6.10 Å². The van der Waals surface area contributed by atoms with Crippen molar-refractivity contribution in [1.82, 2.24) is 0 Å². The smallest absolute Gasteiger partial charge is 0.0577 e. The third-order valence-corrected chi connectivity index (χ3v) is 10.8. The Hall–Kier alpha value is -0.560. The van der Waals surface area contributed by atoms with Gasteiger partial charge in [-0.05, 0) is 117 Å². The molecular formula is C29H48O. The minimum atomic E-state index is -0.0839. The second-order valence-corrected chi connectivity index (χ2v) is 12.4. The van der Waals surface area contributed by atoms with E-state index in [9.17, 15) is 5.11 Å². The molecule has 1 N–H and O–H groups in total. The van der Waals surface area contributed by atoms with Crippen molar-refractivity contribution in [3.8, 4) is 0 Å². The predicted octanol–water partition coefficient (Wildman–Crippen LogP) is 7.94. The molecule has 4 aliphatic rings. The minimum Gasteiger partial charge on any atom is -0.393 e. The van der Waals surface area contributed by atoms with Gasteiger partial charge in [-0.1, -0.05) is 57.9 Å². The van der Waals surface area contributed by atoms with Gasteiger partial charge in [-0.25, -0.2) is 0 Å². The Balaban J connectivity index is 1.49. The van der Waals surface area contributed by atoms with Crippen molar-refractivity contribution < 1.29 is 5.11 Å². The summed E-state index contributed by atoms with van der Waals surface area (Å²) in [5.74, 6) is 5.15. The molecule has 4 aliphatic carbocycles. The van der Waals surface area contributed by atoms with Crippen LogP contribution in [0.2, 0.25) is 0 Å². The summed E-state index contributed by atoms with van der Waals surface area (Å²) in [6, 6.07) is 0. The first-order valence-electron chi connectivity index (χ1n) is 13.2. The first-order chi connectivity index (χ1) is 14.2. The van der Waals surface area contributed by atoms with E-state index < -0.39 is 0 Å². The molecule has 4 rings (SSSR count). The molecule has 0 aromatic carbocycles. The summed E-state index contributed by atoms with van der Waals surface area (Å²) in [4.78, 5) is 0. The van der Waals surface area contributed by atoms with Gasteiger partial charge >= 0.3 is 0 Å². The van der Waals surface area contributed by atoms with E-state index in [1.165, 1.54) is 51.4 Å². The van der Waals surface area contributed by atoms with Crippen molar-refractivity contribution >= 4 is 0 Å². The molecule has 0 aliphatic heterocycles. The molecule has 3 saturated carbocycles. The lowest BCUT2D eigenvalue weighted by Gasteiger charge is -2.58. The normalized spacial score (nSPS) is 44.9. The maximum atomic E-state index is 10.2. The molecule has 30 heavy (non-hydrogen) atoms. The number of hydrogen-bond acceptors (Lipinski definition) is 1. The van der Waals surface area contributed by atoms with Gasteiger partial charge < -0.3 is 5.11 Å². The van der Waals surface area contributed by atoms with Crippen LogP contribution in [-0.4, -0.2) is 11.2 Å². The molecule has 1 nitrogen and oxygen atoms in total. The second kappa shape index (κ2) is 8.42. The zero-order valence-corrected chi connectivity index (χ0v) is 20.7. The second-order valence-electron chi connectivity index (χ2n) is 12.4. The average Bonchev–Trinajstić information content (AvgIpc) is 3.06. The Morgan fingerprint density at radius 2 is 1.87 bits per heavy atom. The van der Waals surface area contributed by atoms with E-state index in [0.29, 0.717) is 16.7 Å². The SMILES string of the molecule is CC=C(CC[C@@H](C)[C@@H]1CC[C@H]2[C@@H]3CC=C4C[C@@H](O)CC[C@]4(C)[C@@H]3CC[C@]21C)C(C)C. The topological polar surface area (TPSA) is 20.2 Å². The Labute approximate surface area is 186 Å². The summed E-state index contributed by atoms with van der Waals surface area (Å²) >= 11 is 0. The summed E-state index contributed by atoms with van der Waals surface area (Å²) in [7, 11) is 0. The lowest BCUT2D eigenvalue weighted by Crippen LogP contribution is -2.50. The molecule has 3 fully saturated rings. The van der Waals surface area contributed by atoms with Crippen LogP contribution in [0.4, 0.5) is 0 Å². The molecule has 0 unspecified atom stereocenters. The van der Waals surface area contributed by atoms with Crippen molar-refractivity contribution in [1.29, 1.82) is 0 Å². The van der Waals surface area contributed by atoms with Gasteiger partial charge in [-0.2, -0.15) is 0 Å². The summed E-state index contributed by atoms with van der Waals surface area (Å²) in [5, 5.41) is 10.2. The minimum absolute atomic E-state index is 0.0839. The van der Waals surface area contributed by atoms with Gasteiger partial charge in [0, 0.05) is 0 Å². The van der Waals surface area contributed by atoms with Crippen LogP contribution in [0.1, 0.15) is 106 Å². The van der Waals surface area contributed by atoms with E-state index in [1.54, 1.807) is 11.1 Å². The molecule has 0 bridgehead atoms. The lowest BCUT2D eigenvalue weighted by molar-refractivity contribution is -0.0571. The molecular weight excluding hydrogens is 364 g/mol. The highest BCUT2D eigenvalue weighted by Crippen LogP contribution is 2.67. The van der Waals surface area contributed by atoms with Gasteiger partial charge in [-0.15, -0.1) is 0 Å². The van der Waals surface area contributed by atoms with Gasteiger partial charge in [0.05, 0.1) is 6.10 Å². The third-order valence-electron chi connectivity index (χ3n) is 10.8. The van der Waals surface area contributed by atoms with Gasteiger partial charge in [0.25, 0.3) is 0 Å². The fourth-order valence-corrected chi connectivity index (χ4v) is 8.98. The van der Waals surface area contributed by atoms with E-state index >= 15 is 0 Å². The molecule has 0 spiro atoms. The highest BCUT2D eigenvalue weighted by molar-refractivity contribution is 5.25. The number of allylic oxidation sites excluding steroid dienone is 3. The predicted molar refractivity (Wildman–Crippen MR) is 128 cm³/mol. The van der Waals surface area contributed by atoms with E-state index in [0.717, 1.165) is 42.4 Å². The maximum Gasteiger partial charge on any atom is 0.0577 e. The van der Waals surface area contributed by atoms with Crippen LogP contribution in [0.5, 0.6) is 0 Å². The van der Waals surface area contributed by atoms with Crippen LogP contribution < -0.4 is 0 Å². The van der Waals surface area contributed by atoms with Crippen molar-refractivity contribution in [2.75, 3.05) is 0 Å². The highest BCUT2D eigenvalue weighted by Gasteiger charge is 2.59. The van der Waals surface area contributed by atoms with Crippen molar-refractivity contribution in [3.05, 3.63) is 23.3 Å². The Bertz CT molecular complexity index is 686. The van der Waals surface area contributed by atoms with Gasteiger partial charge in [-0.3, -0.25) is 0 Å². The molecule has 0 aromatic rings. The summed E-state index contributed by atoms with van der Waals surface area (Å²) in [5.41, 5.74) is 4.21. The van der Waals surface area contributed by atoms with Crippen LogP contribution in [0.25, 0.3) is 0 Å². The lowest BCUT2D eigenvalue weighted by atomic mass is 9.47. The van der Waals surface area contributed by atoms with E-state index in [4.69, 9.17) is 0 Å². The summed E-state index contributed by atoms with van der Waals surface area (Å²) in [6.07, 6.45) is 17.8. The molecule has 1 heteroatoms. The Morgan fingerprint density at radius 1 is 1.10 bits per heavy atom. The summed E-state index contributed by atoms with van der Waals surface area (Å²) in [6.45, 7) is 14.7. The zero-order chi connectivity index (χ0) is 21.7. The maximum absolute atomic E-state index is 10.2. The Kier molecular flexibility index (Phi) is 6.35. The number of aliphatic hydroxyl groups is 1. The van der Waals surface area contributed by atoms with Gasteiger partial charge in [0.15, 0.2) is 0 Å². The molecule has 0 amide bonds. The number of hydrogen-bond donors (Lipinski definition) is 1. The van der Waals surface area contributed by atoms with Crippen molar-refractivity contribution in [2.45, 2.75) is 112 Å². The average molecular weight is 413 g/mol. The van der Waals surface area contributed by atoms with E-state index in [1.807, 2.05) is 0 Å². The van der Waals surface area contributed by atoms with Gasteiger partial charge in [0.1, 0.15) is 0 Å². The quantitative estimate of drug-likeness (QED) is 0.454. The fourth-order valence-electron chi connectivity index (χ4n) is 8.98. The number of rotatable bonds is 5. The van der Waals surface area contributed by atoms with Crippen LogP contribution in [0.15, 0.2) is 23.3 Å². The van der Waals surface area contributed by atoms with Crippen molar-refractivity contribution in [3.63, 3.8) is 0 Å². The summed E-state index contributed by atoms with van der Waals surface area (Å²) < 4.78 is 0. The largest absolute Gasteiger partial charge is 0.393 e. The molecule has 0 radical (unpaired) electrons. The highest BCUT2D eigenvalue weighted by atomic mass is 16.3. The first-order valence-corrected chi connectivity index (χ1v) is 13.2. The Morgan fingerprint density at radius 3 is 2.57 bits per heavy atom. The van der Waals surface area contributed by atoms with Gasteiger partial charge in [0.2, 0.25) is 0 Å². The molecule has 0 saturated heterocycles. The van der Waals surface area contributed by atoms with Crippen molar-refractivity contribution in [2.24, 2.45) is 46.3 Å². The van der Waals surface area contributed by atoms with E-state index in [2.05, 4.69) is 53.7 Å². The van der Waals surface area contributed by atoms with Crippen LogP contribution in [0.3, 0.4) is 0 Å². The molecule has 170 valence electrons. The third kappa shape index (κ3) is 3.66. The van der Waals surface area contributed by atoms with Crippen LogP contribution in [-0.2, 0) is 0 Å².